The molecule has 0 aromatic heterocycles. The van der Waals surface area contributed by atoms with Crippen molar-refractivity contribution < 1.29 is 24.1 Å². The molecular weight excluding hydrogens is 404 g/mol. The van der Waals surface area contributed by atoms with E-state index >= 15 is 0 Å². The van der Waals surface area contributed by atoms with Gasteiger partial charge in [-0.2, -0.15) is 0 Å². The van der Waals surface area contributed by atoms with Crippen LogP contribution in [0, 0.1) is 0 Å². The Morgan fingerprint density at radius 2 is 0.969 bits per heavy atom. The van der Waals surface area contributed by atoms with Crippen LogP contribution < -0.4 is 0 Å². The highest BCUT2D eigenvalue weighted by Crippen LogP contribution is 2.29. The van der Waals surface area contributed by atoms with E-state index in [-0.39, 0.29) is 6.10 Å². The van der Waals surface area contributed by atoms with Crippen LogP contribution in [0.2, 0.25) is 0 Å². The van der Waals surface area contributed by atoms with E-state index in [9.17, 15) is 5.11 Å². The van der Waals surface area contributed by atoms with Crippen molar-refractivity contribution >= 4 is 0 Å². The first-order chi connectivity index (χ1) is 15.7. The fourth-order valence-corrected chi connectivity index (χ4v) is 3.89. The van der Waals surface area contributed by atoms with Gasteiger partial charge in [-0.3, -0.25) is 0 Å². The number of aliphatic hydroxyl groups is 1. The molecule has 5 heteroatoms. The summed E-state index contributed by atoms with van der Waals surface area (Å²) in [7, 11) is 0. The largest absolute Gasteiger partial charge is 0.368 e. The Hall–Kier alpha value is -2.54. The molecule has 0 spiro atoms. The maximum absolute atomic E-state index is 10.7. The standard InChI is InChI=1S/C27H30O5/c1-20-24(29-17-21-11-5-2-6-12-21)25(30-18-22-13-7-3-8-14-22)26(27(28)32-20)31-19-23-15-9-4-10-16-23/h2-16,20,24-28H,17-19H2,1H3/t20?,24-,25+,26?,27+/m1/s1. The molecule has 0 radical (unpaired) electrons. The van der Waals surface area contributed by atoms with Crippen LogP contribution in [0.4, 0.5) is 0 Å². The number of hydrogen-bond acceptors (Lipinski definition) is 5. The van der Waals surface area contributed by atoms with Gasteiger partial charge in [0, 0.05) is 0 Å². The van der Waals surface area contributed by atoms with Gasteiger partial charge in [0.25, 0.3) is 0 Å². The van der Waals surface area contributed by atoms with E-state index in [2.05, 4.69) is 0 Å². The van der Waals surface area contributed by atoms with Crippen LogP contribution in [-0.2, 0) is 38.8 Å². The number of rotatable bonds is 9. The van der Waals surface area contributed by atoms with Gasteiger partial charge in [0.05, 0.1) is 25.9 Å². The molecule has 2 unspecified atom stereocenters. The smallest absolute Gasteiger partial charge is 0.184 e. The van der Waals surface area contributed by atoms with Crippen LogP contribution in [0.25, 0.3) is 0 Å². The fourth-order valence-electron chi connectivity index (χ4n) is 3.89. The van der Waals surface area contributed by atoms with Gasteiger partial charge in [0.2, 0.25) is 0 Å². The van der Waals surface area contributed by atoms with E-state index in [4.69, 9.17) is 18.9 Å². The fraction of sp³-hybridized carbons (Fsp3) is 0.333. The Labute approximate surface area is 189 Å². The summed E-state index contributed by atoms with van der Waals surface area (Å²) in [6, 6.07) is 29.8. The summed E-state index contributed by atoms with van der Waals surface area (Å²) in [4.78, 5) is 0. The van der Waals surface area contributed by atoms with Crippen LogP contribution in [0.5, 0.6) is 0 Å². The van der Waals surface area contributed by atoms with Crippen molar-refractivity contribution in [2.45, 2.75) is 57.5 Å². The summed E-state index contributed by atoms with van der Waals surface area (Å²) in [5.74, 6) is 0. The predicted molar refractivity (Wildman–Crippen MR) is 122 cm³/mol. The third-order valence-corrected chi connectivity index (χ3v) is 5.60. The molecule has 1 saturated heterocycles. The highest BCUT2D eigenvalue weighted by Gasteiger charge is 2.46. The topological polar surface area (TPSA) is 57.2 Å². The van der Waals surface area contributed by atoms with E-state index < -0.39 is 24.6 Å². The number of hydrogen-bond donors (Lipinski definition) is 1. The van der Waals surface area contributed by atoms with Gasteiger partial charge in [-0.05, 0) is 23.6 Å². The van der Waals surface area contributed by atoms with Crippen LogP contribution in [0.1, 0.15) is 23.6 Å². The zero-order valence-corrected chi connectivity index (χ0v) is 18.2. The lowest BCUT2D eigenvalue weighted by atomic mass is 9.98. The molecule has 4 rings (SSSR count). The molecule has 1 aliphatic rings. The molecule has 1 N–H and O–H groups in total. The average molecular weight is 435 g/mol. The van der Waals surface area contributed by atoms with Crippen molar-refractivity contribution in [3.8, 4) is 0 Å². The van der Waals surface area contributed by atoms with Crippen molar-refractivity contribution in [3.63, 3.8) is 0 Å². The van der Waals surface area contributed by atoms with Crippen LogP contribution in [-0.4, -0.2) is 35.8 Å². The minimum Gasteiger partial charge on any atom is -0.368 e. The molecule has 1 aliphatic heterocycles. The minimum absolute atomic E-state index is 0.344. The van der Waals surface area contributed by atoms with Crippen molar-refractivity contribution in [1.82, 2.24) is 0 Å². The van der Waals surface area contributed by atoms with Crippen LogP contribution in [0.3, 0.4) is 0 Å². The van der Waals surface area contributed by atoms with Crippen molar-refractivity contribution in [3.05, 3.63) is 108 Å². The molecule has 0 amide bonds. The Bertz CT molecular complexity index is 863. The van der Waals surface area contributed by atoms with Gasteiger partial charge >= 0.3 is 0 Å². The van der Waals surface area contributed by atoms with Gasteiger partial charge in [0.15, 0.2) is 6.29 Å². The monoisotopic (exact) mass is 434 g/mol. The molecule has 5 nitrogen and oxygen atoms in total. The Kier molecular flexibility index (Phi) is 8.04. The predicted octanol–water partition coefficient (Wildman–Crippen LogP) is 4.48. The maximum Gasteiger partial charge on any atom is 0.184 e. The van der Waals surface area contributed by atoms with Crippen molar-refractivity contribution in [1.29, 1.82) is 0 Å². The summed E-state index contributed by atoms with van der Waals surface area (Å²) in [5.41, 5.74) is 3.13. The molecule has 3 aromatic carbocycles. The Morgan fingerprint density at radius 3 is 1.41 bits per heavy atom. The third-order valence-electron chi connectivity index (χ3n) is 5.60. The Morgan fingerprint density at radius 1 is 0.594 bits per heavy atom. The number of ether oxygens (including phenoxy) is 4. The second-order valence-corrected chi connectivity index (χ2v) is 8.02. The van der Waals surface area contributed by atoms with E-state index in [0.29, 0.717) is 19.8 Å². The zero-order chi connectivity index (χ0) is 22.2. The quantitative estimate of drug-likeness (QED) is 0.538. The second-order valence-electron chi connectivity index (χ2n) is 8.02. The summed E-state index contributed by atoms with van der Waals surface area (Å²) in [6.07, 6.45) is -3.04. The molecule has 3 aromatic rings. The van der Waals surface area contributed by atoms with Gasteiger partial charge in [-0.25, -0.2) is 0 Å². The van der Waals surface area contributed by atoms with E-state index in [1.54, 1.807) is 0 Å². The van der Waals surface area contributed by atoms with Gasteiger partial charge < -0.3 is 24.1 Å². The molecule has 0 aliphatic carbocycles. The first-order valence-corrected chi connectivity index (χ1v) is 11.0. The summed E-state index contributed by atoms with van der Waals surface area (Å²) in [5, 5.41) is 10.7. The third kappa shape index (κ3) is 6.03. The maximum atomic E-state index is 10.7. The van der Waals surface area contributed by atoms with E-state index in [0.717, 1.165) is 16.7 Å². The lowest BCUT2D eigenvalue weighted by molar-refractivity contribution is -0.308. The lowest BCUT2D eigenvalue weighted by Gasteiger charge is -2.43. The summed E-state index contributed by atoms with van der Waals surface area (Å²) < 4.78 is 24.5. The molecule has 5 atom stereocenters. The molecule has 32 heavy (non-hydrogen) atoms. The Balaban J connectivity index is 1.50. The first-order valence-electron chi connectivity index (χ1n) is 11.0. The second kappa shape index (κ2) is 11.4. The van der Waals surface area contributed by atoms with Crippen molar-refractivity contribution in [2.75, 3.05) is 0 Å². The van der Waals surface area contributed by atoms with Crippen molar-refractivity contribution in [2.24, 2.45) is 0 Å². The summed E-state index contributed by atoms with van der Waals surface area (Å²) >= 11 is 0. The highest BCUT2D eigenvalue weighted by atomic mass is 16.7. The lowest BCUT2D eigenvalue weighted by Crippen LogP contribution is -2.59. The van der Waals surface area contributed by atoms with Gasteiger partial charge in [0.1, 0.15) is 18.3 Å². The minimum atomic E-state index is -1.11. The molecule has 0 bridgehead atoms. The zero-order valence-electron chi connectivity index (χ0n) is 18.2. The molecule has 168 valence electrons. The SMILES string of the molecule is CC1O[C@H](O)C(OCc2ccccc2)[C@@H](OCc2ccccc2)[C@@H]1OCc1ccccc1. The first kappa shape index (κ1) is 22.6. The van der Waals surface area contributed by atoms with Gasteiger partial charge in [-0.1, -0.05) is 91.0 Å². The van der Waals surface area contributed by atoms with Crippen LogP contribution >= 0.6 is 0 Å². The molecule has 1 fully saturated rings. The normalized spacial score (nSPS) is 25.5. The van der Waals surface area contributed by atoms with Crippen LogP contribution in [0.15, 0.2) is 91.0 Å². The summed E-state index contributed by atoms with van der Waals surface area (Å²) in [6.45, 7) is 3.05. The number of aliphatic hydroxyl groups excluding tert-OH is 1. The molecular formula is C27H30O5. The average Bonchev–Trinajstić information content (AvgIpc) is 2.83. The molecule has 1 heterocycles. The van der Waals surface area contributed by atoms with E-state index in [1.807, 2.05) is 97.9 Å². The van der Waals surface area contributed by atoms with Gasteiger partial charge in [-0.15, -0.1) is 0 Å². The number of benzene rings is 3. The highest BCUT2D eigenvalue weighted by molar-refractivity contribution is 5.15. The molecule has 0 saturated carbocycles. The van der Waals surface area contributed by atoms with E-state index in [1.165, 1.54) is 0 Å².